The summed E-state index contributed by atoms with van der Waals surface area (Å²) in [5.41, 5.74) is 5.50. The van der Waals surface area contributed by atoms with E-state index in [1.54, 1.807) is 0 Å². The monoisotopic (exact) mass is 493 g/mol. The number of carbonyl (C=O) groups excluding carboxylic acids is 2. The molecule has 0 aromatic carbocycles. The maximum atomic E-state index is 12.9. The second-order valence-electron chi connectivity index (χ2n) is 8.70. The van der Waals surface area contributed by atoms with Gasteiger partial charge in [-0.15, -0.1) is 0 Å². The molecule has 1 saturated heterocycles. The molecule has 2 fully saturated rings. The number of nitrogens with two attached hydrogens (primary N) is 1. The Kier molecular flexibility index (Phi) is 10.6. The number of carboxylic acid groups (broad SMARTS) is 1. The lowest BCUT2D eigenvalue weighted by Gasteiger charge is -2.42. The fourth-order valence-electron chi connectivity index (χ4n) is 3.98. The third-order valence-corrected chi connectivity index (χ3v) is 6.03. The van der Waals surface area contributed by atoms with Crippen molar-refractivity contribution >= 4 is 17.8 Å². The Bertz CT molecular complexity index is 711. The van der Waals surface area contributed by atoms with Crippen molar-refractivity contribution in [2.24, 2.45) is 5.73 Å². The summed E-state index contributed by atoms with van der Waals surface area (Å²) >= 11 is 0. The zero-order chi connectivity index (χ0) is 25.6. The third kappa shape index (κ3) is 7.29. The Hall–Kier alpha value is -1.91. The van der Waals surface area contributed by atoms with Gasteiger partial charge in [0.2, 0.25) is 11.8 Å². The Morgan fingerprint density at radius 1 is 1.09 bits per heavy atom. The predicted octanol–water partition coefficient (Wildman–Crippen LogP) is -4.10. The minimum atomic E-state index is -1.69. The summed E-state index contributed by atoms with van der Waals surface area (Å²) in [6, 6.07) is -3.72. The molecule has 0 spiro atoms. The number of hydrogen-bond acceptors (Lipinski definition) is 11. The van der Waals surface area contributed by atoms with Gasteiger partial charge in [-0.3, -0.25) is 14.4 Å². The number of aliphatic carboxylic acids is 1. The first-order valence-corrected chi connectivity index (χ1v) is 11.2. The van der Waals surface area contributed by atoms with Gasteiger partial charge in [-0.25, -0.2) is 0 Å². The van der Waals surface area contributed by atoms with Crippen LogP contribution in [0, 0.1) is 0 Å². The van der Waals surface area contributed by atoms with Gasteiger partial charge >= 0.3 is 5.97 Å². The van der Waals surface area contributed by atoms with Crippen molar-refractivity contribution in [1.82, 2.24) is 10.6 Å². The number of aliphatic hydroxyl groups is 5. The van der Waals surface area contributed by atoms with Gasteiger partial charge in [0.15, 0.2) is 6.29 Å². The maximum absolute atomic E-state index is 12.9. The largest absolute Gasteiger partial charge is 0.481 e. The van der Waals surface area contributed by atoms with Crippen molar-refractivity contribution in [1.29, 1.82) is 0 Å². The zero-order valence-electron chi connectivity index (χ0n) is 18.8. The first kappa shape index (κ1) is 28.3. The minimum Gasteiger partial charge on any atom is -0.481 e. The molecule has 1 aliphatic carbocycles. The van der Waals surface area contributed by atoms with Gasteiger partial charge in [-0.05, 0) is 19.8 Å². The molecule has 0 unspecified atom stereocenters. The molecule has 196 valence electrons. The zero-order valence-corrected chi connectivity index (χ0v) is 18.8. The lowest BCUT2D eigenvalue weighted by molar-refractivity contribution is -0.307. The number of carbonyl (C=O) groups is 3. The average molecular weight is 494 g/mol. The summed E-state index contributed by atoms with van der Waals surface area (Å²) in [6.45, 7) is 0.645. The molecular weight excluding hydrogens is 458 g/mol. The highest BCUT2D eigenvalue weighted by Gasteiger charge is 2.44. The van der Waals surface area contributed by atoms with Crippen LogP contribution in [0.4, 0.5) is 0 Å². The van der Waals surface area contributed by atoms with Crippen LogP contribution in [0.2, 0.25) is 0 Å². The molecule has 0 aromatic heterocycles. The molecule has 14 heteroatoms. The van der Waals surface area contributed by atoms with Crippen LogP contribution in [0.3, 0.4) is 0 Å². The molecule has 1 aliphatic heterocycles. The van der Waals surface area contributed by atoms with Gasteiger partial charge in [0.05, 0.1) is 37.3 Å². The Labute approximate surface area is 196 Å². The maximum Gasteiger partial charge on any atom is 0.305 e. The molecular formula is C20H35N3O11. The number of hydrogen-bond donors (Lipinski definition) is 9. The van der Waals surface area contributed by atoms with Crippen molar-refractivity contribution < 1.29 is 54.5 Å². The number of carboxylic acids is 1. The van der Waals surface area contributed by atoms with Gasteiger partial charge in [0.1, 0.15) is 30.5 Å². The van der Waals surface area contributed by atoms with Crippen LogP contribution in [-0.4, -0.2) is 116 Å². The van der Waals surface area contributed by atoms with E-state index in [2.05, 4.69) is 10.6 Å². The lowest BCUT2D eigenvalue weighted by Crippen LogP contribution is -2.62. The van der Waals surface area contributed by atoms with E-state index in [-0.39, 0.29) is 0 Å². The molecule has 0 bridgehead atoms. The third-order valence-electron chi connectivity index (χ3n) is 6.03. The highest BCUT2D eigenvalue weighted by molar-refractivity contribution is 5.91. The van der Waals surface area contributed by atoms with Gasteiger partial charge in [0.25, 0.3) is 0 Å². The van der Waals surface area contributed by atoms with Crippen molar-refractivity contribution in [3.05, 3.63) is 0 Å². The molecule has 0 aromatic rings. The molecule has 10 N–H and O–H groups in total. The molecule has 0 radical (unpaired) electrons. The highest BCUT2D eigenvalue weighted by Crippen LogP contribution is 2.28. The summed E-state index contributed by atoms with van der Waals surface area (Å²) in [5, 5.41) is 63.0. The van der Waals surface area contributed by atoms with E-state index in [4.69, 9.17) is 20.3 Å². The molecule has 14 nitrogen and oxygen atoms in total. The molecule has 34 heavy (non-hydrogen) atoms. The molecule has 2 amide bonds. The van der Waals surface area contributed by atoms with E-state index in [0.717, 1.165) is 12.8 Å². The quantitative estimate of drug-likeness (QED) is 0.141. The fourth-order valence-corrected chi connectivity index (χ4v) is 3.98. The number of rotatable bonds is 10. The topological polar surface area (TPSA) is 241 Å². The van der Waals surface area contributed by atoms with E-state index in [9.17, 15) is 39.9 Å². The second-order valence-corrected chi connectivity index (χ2v) is 8.70. The van der Waals surface area contributed by atoms with Gasteiger partial charge < -0.3 is 56.5 Å². The predicted molar refractivity (Wildman–Crippen MR) is 113 cm³/mol. The lowest BCUT2D eigenvalue weighted by atomic mass is 9.91. The van der Waals surface area contributed by atoms with Crippen LogP contribution in [0.1, 0.15) is 39.0 Å². The molecule has 1 heterocycles. The first-order chi connectivity index (χ1) is 16.0. The first-order valence-electron chi connectivity index (χ1n) is 11.2. The minimum absolute atomic E-state index is 0.453. The molecule has 1 saturated carbocycles. The van der Waals surface area contributed by atoms with Crippen LogP contribution in [0.15, 0.2) is 0 Å². The summed E-state index contributed by atoms with van der Waals surface area (Å²) < 4.78 is 11.3. The van der Waals surface area contributed by atoms with Crippen LogP contribution in [-0.2, 0) is 23.9 Å². The molecule has 2 rings (SSSR count). The van der Waals surface area contributed by atoms with Crippen molar-refractivity contribution in [2.75, 3.05) is 6.61 Å². The van der Waals surface area contributed by atoms with Crippen LogP contribution in [0.5, 0.6) is 0 Å². The summed E-state index contributed by atoms with van der Waals surface area (Å²) in [6.07, 6.45) is -7.05. The van der Waals surface area contributed by atoms with E-state index >= 15 is 0 Å². The highest BCUT2D eigenvalue weighted by atomic mass is 16.7. The number of amides is 2. The normalized spacial score (nSPS) is 34.5. The SMILES string of the molecule is C[C@@H]1O[C@@H](O[C@@H]2CCCC[C@H]2NC(=O)[C@@H](NC(=O)[C@@H](N)CC(=O)O)[C@H](O)CO)[C@@H](O)[C@H](O)[C@@H]1O. The number of aliphatic hydroxyl groups excluding tert-OH is 5. The fraction of sp³-hybridized carbons (Fsp3) is 0.850. The van der Waals surface area contributed by atoms with E-state index < -0.39 is 91.9 Å². The van der Waals surface area contributed by atoms with Crippen molar-refractivity contribution in [3.63, 3.8) is 0 Å². The smallest absolute Gasteiger partial charge is 0.305 e. The number of ether oxygens (including phenoxy) is 2. The van der Waals surface area contributed by atoms with E-state index in [1.165, 1.54) is 6.92 Å². The van der Waals surface area contributed by atoms with Gasteiger partial charge in [-0.2, -0.15) is 0 Å². The summed E-state index contributed by atoms with van der Waals surface area (Å²) in [5.74, 6) is -3.17. The van der Waals surface area contributed by atoms with Crippen LogP contribution >= 0.6 is 0 Å². The summed E-state index contributed by atoms with van der Waals surface area (Å²) in [7, 11) is 0. The van der Waals surface area contributed by atoms with Crippen LogP contribution in [0.25, 0.3) is 0 Å². The summed E-state index contributed by atoms with van der Waals surface area (Å²) in [4.78, 5) is 35.8. The van der Waals surface area contributed by atoms with Gasteiger partial charge in [0, 0.05) is 0 Å². The second kappa shape index (κ2) is 12.7. The van der Waals surface area contributed by atoms with Crippen molar-refractivity contribution in [2.45, 2.75) is 100 Å². The Balaban J connectivity index is 2.07. The van der Waals surface area contributed by atoms with Crippen LogP contribution < -0.4 is 16.4 Å². The number of nitrogens with one attached hydrogen (secondary N) is 2. The Morgan fingerprint density at radius 3 is 2.35 bits per heavy atom. The standard InChI is InChI=1S/C20H35N3O11/c1-8-15(28)16(29)17(30)20(33-8)34-12-5-3-2-4-10(12)22-19(32)14(11(25)7-24)23-18(31)9(21)6-13(26)27/h8-12,14-17,20,24-25,28-30H,2-7,21H2,1H3,(H,22,32)(H,23,31)(H,26,27)/t8-,9-,10+,11+,12+,14-,15+,16+,17-,20-/m0/s1. The molecule has 10 atom stereocenters. The van der Waals surface area contributed by atoms with Gasteiger partial charge in [-0.1, -0.05) is 12.8 Å². The molecule has 2 aliphatic rings. The van der Waals surface area contributed by atoms with E-state index in [0.29, 0.717) is 12.8 Å². The van der Waals surface area contributed by atoms with Crippen molar-refractivity contribution in [3.8, 4) is 0 Å². The Morgan fingerprint density at radius 2 is 1.74 bits per heavy atom. The van der Waals surface area contributed by atoms with E-state index in [1.807, 2.05) is 0 Å². The average Bonchev–Trinajstić information content (AvgIpc) is 2.79.